The number of benzene rings is 1. The van der Waals surface area contributed by atoms with Gasteiger partial charge in [-0.25, -0.2) is 9.78 Å². The molecule has 0 spiro atoms. The predicted octanol–water partition coefficient (Wildman–Crippen LogP) is 0.0788. The van der Waals surface area contributed by atoms with Gasteiger partial charge in [-0.15, -0.1) is 0 Å². The predicted molar refractivity (Wildman–Crippen MR) is 135 cm³/mol. The van der Waals surface area contributed by atoms with E-state index < -0.39 is 53.8 Å². The number of nitrogens with zero attached hydrogens (tertiary/aromatic N) is 1. The number of rotatable bonds is 13. The Labute approximate surface area is 215 Å². The summed E-state index contributed by atoms with van der Waals surface area (Å²) in [6.07, 6.45) is 2.92. The number of nitrogens with two attached hydrogens (primary N) is 1. The minimum atomic E-state index is -1.25. The number of nitrogens with one attached hydrogen (secondary N) is 4. The molecule has 0 aliphatic heterocycles. The lowest BCUT2D eigenvalue weighted by Crippen LogP contribution is -2.59. The first-order valence-electron chi connectivity index (χ1n) is 12.0. The third kappa shape index (κ3) is 8.90. The first kappa shape index (κ1) is 29.3. The second-order valence-electron chi connectivity index (χ2n) is 9.61. The number of aliphatic carboxylic acids is 1. The highest BCUT2D eigenvalue weighted by molar-refractivity contribution is 5.94. The van der Waals surface area contributed by atoms with Gasteiger partial charge in [0, 0.05) is 24.7 Å². The van der Waals surface area contributed by atoms with Crippen molar-refractivity contribution >= 4 is 23.7 Å². The average Bonchev–Trinajstić information content (AvgIpc) is 3.35. The molecule has 0 fully saturated rings. The number of carboxylic acids is 1. The number of aromatic amines is 1. The molecule has 1 heterocycles. The summed E-state index contributed by atoms with van der Waals surface area (Å²) in [5, 5.41) is 26.9. The first-order valence-corrected chi connectivity index (χ1v) is 12.0. The summed E-state index contributed by atoms with van der Waals surface area (Å²) < 4.78 is 0. The van der Waals surface area contributed by atoms with Crippen molar-refractivity contribution in [1.82, 2.24) is 25.9 Å². The topological polar surface area (TPSA) is 200 Å². The van der Waals surface area contributed by atoms with Crippen molar-refractivity contribution in [3.63, 3.8) is 0 Å². The molecule has 12 nitrogen and oxygen atoms in total. The minimum Gasteiger partial charge on any atom is -0.508 e. The first-order chi connectivity index (χ1) is 17.4. The van der Waals surface area contributed by atoms with Crippen LogP contribution in [0.2, 0.25) is 0 Å². The number of phenols is 1. The van der Waals surface area contributed by atoms with Crippen molar-refractivity contribution in [3.8, 4) is 5.75 Å². The second-order valence-corrected chi connectivity index (χ2v) is 9.61. The van der Waals surface area contributed by atoms with E-state index in [-0.39, 0.29) is 24.5 Å². The highest BCUT2D eigenvalue weighted by atomic mass is 16.4. The van der Waals surface area contributed by atoms with Crippen LogP contribution in [0.15, 0.2) is 36.8 Å². The van der Waals surface area contributed by atoms with E-state index in [9.17, 15) is 29.4 Å². The number of amides is 3. The number of carboxylic acid groups (broad SMARTS) is 1. The van der Waals surface area contributed by atoms with Crippen LogP contribution in [-0.4, -0.2) is 68.0 Å². The Bertz CT molecular complexity index is 1050. The molecular weight excluding hydrogens is 480 g/mol. The van der Waals surface area contributed by atoms with Gasteiger partial charge in [0.2, 0.25) is 17.7 Å². The fourth-order valence-corrected chi connectivity index (χ4v) is 3.51. The van der Waals surface area contributed by atoms with Gasteiger partial charge in [0.05, 0.1) is 12.4 Å². The third-order valence-corrected chi connectivity index (χ3v) is 5.87. The van der Waals surface area contributed by atoms with Crippen molar-refractivity contribution < 1.29 is 29.4 Å². The Kier molecular flexibility index (Phi) is 10.6. The molecule has 2 aromatic rings. The Morgan fingerprint density at radius 1 is 0.892 bits per heavy atom. The number of hydrogen-bond donors (Lipinski definition) is 7. The van der Waals surface area contributed by atoms with Gasteiger partial charge >= 0.3 is 5.97 Å². The van der Waals surface area contributed by atoms with E-state index in [1.165, 1.54) is 24.7 Å². The van der Waals surface area contributed by atoms with Crippen LogP contribution < -0.4 is 21.7 Å². The molecule has 4 atom stereocenters. The van der Waals surface area contributed by atoms with E-state index in [4.69, 9.17) is 5.73 Å². The molecular formula is C25H36N6O6. The van der Waals surface area contributed by atoms with E-state index in [1.807, 2.05) is 0 Å². The van der Waals surface area contributed by atoms with Gasteiger partial charge in [-0.3, -0.25) is 14.4 Å². The largest absolute Gasteiger partial charge is 0.508 e. The lowest BCUT2D eigenvalue weighted by molar-refractivity contribution is -0.142. The molecule has 0 aliphatic carbocycles. The summed E-state index contributed by atoms with van der Waals surface area (Å²) >= 11 is 0. The molecule has 1 aromatic heterocycles. The molecule has 2 rings (SSSR count). The zero-order valence-corrected chi connectivity index (χ0v) is 21.4. The zero-order valence-electron chi connectivity index (χ0n) is 21.4. The molecule has 12 heteroatoms. The Morgan fingerprint density at radius 2 is 1.51 bits per heavy atom. The lowest BCUT2D eigenvalue weighted by Gasteiger charge is -2.27. The number of carbonyl (C=O) groups excluding carboxylic acids is 3. The van der Waals surface area contributed by atoms with Gasteiger partial charge in [0.25, 0.3) is 0 Å². The highest BCUT2D eigenvalue weighted by Crippen LogP contribution is 2.13. The maximum absolute atomic E-state index is 13.3. The Balaban J connectivity index is 2.20. The summed E-state index contributed by atoms with van der Waals surface area (Å²) in [4.78, 5) is 57.4. The molecule has 0 saturated heterocycles. The Morgan fingerprint density at radius 3 is 2.03 bits per heavy atom. The summed E-state index contributed by atoms with van der Waals surface area (Å²) in [7, 11) is 0. The van der Waals surface area contributed by atoms with Gasteiger partial charge in [0.1, 0.15) is 23.9 Å². The van der Waals surface area contributed by atoms with Gasteiger partial charge in [-0.05, 0) is 29.5 Å². The zero-order chi connectivity index (χ0) is 27.7. The average molecular weight is 517 g/mol. The molecule has 8 N–H and O–H groups in total. The summed E-state index contributed by atoms with van der Waals surface area (Å²) in [5.41, 5.74) is 7.14. The van der Waals surface area contributed by atoms with E-state index in [0.717, 1.165) is 0 Å². The SMILES string of the molecule is CC(C)C(N)C(=O)NC(Cc1ccc(O)cc1)C(=O)NC(C(=O)NC(Cc1cnc[nH]1)C(=O)O)C(C)C. The number of hydrogen-bond acceptors (Lipinski definition) is 7. The maximum Gasteiger partial charge on any atom is 0.326 e. The fourth-order valence-electron chi connectivity index (χ4n) is 3.51. The number of aromatic nitrogens is 2. The van der Waals surface area contributed by atoms with Gasteiger partial charge < -0.3 is 36.9 Å². The second kappa shape index (κ2) is 13.4. The molecule has 1 aromatic carbocycles. The van der Waals surface area contributed by atoms with Crippen molar-refractivity contribution in [2.45, 2.75) is 64.7 Å². The summed E-state index contributed by atoms with van der Waals surface area (Å²) in [5.74, 6) is -3.59. The monoisotopic (exact) mass is 516 g/mol. The van der Waals surface area contributed by atoms with Crippen molar-refractivity contribution in [1.29, 1.82) is 0 Å². The van der Waals surface area contributed by atoms with Crippen molar-refractivity contribution in [2.75, 3.05) is 0 Å². The van der Waals surface area contributed by atoms with Crippen molar-refractivity contribution in [2.24, 2.45) is 17.6 Å². The minimum absolute atomic E-state index is 0.0214. The van der Waals surface area contributed by atoms with Crippen LogP contribution in [0.5, 0.6) is 5.75 Å². The van der Waals surface area contributed by atoms with Crippen LogP contribution >= 0.6 is 0 Å². The van der Waals surface area contributed by atoms with Gasteiger partial charge in [-0.2, -0.15) is 0 Å². The van der Waals surface area contributed by atoms with Crippen LogP contribution in [0.25, 0.3) is 0 Å². The normalized spacial score (nSPS) is 14.5. The smallest absolute Gasteiger partial charge is 0.326 e. The van der Waals surface area contributed by atoms with E-state index in [1.54, 1.807) is 39.8 Å². The highest BCUT2D eigenvalue weighted by Gasteiger charge is 2.32. The summed E-state index contributed by atoms with van der Waals surface area (Å²) in [6.45, 7) is 6.97. The lowest BCUT2D eigenvalue weighted by atomic mass is 9.99. The quantitative estimate of drug-likeness (QED) is 0.194. The molecule has 0 aliphatic rings. The fraction of sp³-hybridized carbons (Fsp3) is 0.480. The molecule has 3 amide bonds. The van der Waals surface area contributed by atoms with Gasteiger partial charge in [-0.1, -0.05) is 39.8 Å². The van der Waals surface area contributed by atoms with Crippen LogP contribution in [0.4, 0.5) is 0 Å². The molecule has 0 bridgehead atoms. The maximum atomic E-state index is 13.3. The molecule has 4 unspecified atom stereocenters. The van der Waals surface area contributed by atoms with Crippen LogP contribution in [0.3, 0.4) is 0 Å². The number of H-pyrrole nitrogens is 1. The van der Waals surface area contributed by atoms with Crippen LogP contribution in [0.1, 0.15) is 39.0 Å². The van der Waals surface area contributed by atoms with E-state index in [0.29, 0.717) is 11.3 Å². The number of phenolic OH excluding ortho intramolecular Hbond substituents is 1. The molecule has 37 heavy (non-hydrogen) atoms. The van der Waals surface area contributed by atoms with Crippen molar-refractivity contribution in [3.05, 3.63) is 48.0 Å². The van der Waals surface area contributed by atoms with Gasteiger partial charge in [0.15, 0.2) is 0 Å². The van der Waals surface area contributed by atoms with Crippen LogP contribution in [0, 0.1) is 11.8 Å². The molecule has 0 saturated carbocycles. The molecule has 202 valence electrons. The summed E-state index contributed by atoms with van der Waals surface area (Å²) in [6, 6.07) is 1.91. The molecule has 0 radical (unpaired) electrons. The Hall–Kier alpha value is -3.93. The number of imidazole rings is 1. The number of carbonyl (C=O) groups is 4. The van der Waals surface area contributed by atoms with E-state index >= 15 is 0 Å². The standard InChI is InChI=1S/C25H36N6O6/c1-13(2)20(26)23(34)29-18(9-15-5-7-17(32)8-6-15)22(33)31-21(14(3)4)24(35)30-19(25(36)37)10-16-11-27-12-28-16/h5-8,11-14,18-21,32H,9-10,26H2,1-4H3,(H,27,28)(H,29,34)(H,30,35)(H,31,33)(H,36,37). The van der Waals surface area contributed by atoms with Crippen LogP contribution in [-0.2, 0) is 32.0 Å². The van der Waals surface area contributed by atoms with E-state index in [2.05, 4.69) is 25.9 Å². The number of aromatic hydroxyl groups is 1. The third-order valence-electron chi connectivity index (χ3n) is 5.87.